The molecule has 0 N–H and O–H groups in total. The molecule has 0 nitrogen and oxygen atoms in total. The van der Waals surface area contributed by atoms with Gasteiger partial charge in [0.1, 0.15) is 4.49 Å². The maximum atomic E-state index is 4.96. The molecule has 0 aliphatic carbocycles. The zero-order valence-electron chi connectivity index (χ0n) is 2.21. The van der Waals surface area contributed by atoms with Crippen LogP contribution in [0.25, 0.3) is 0 Å². The fraction of sp³-hybridized carbons (Fsp3) is 0. The maximum Gasteiger partial charge on any atom is 0.118 e. The third-order valence-corrected chi connectivity index (χ3v) is 0.742. The van der Waals surface area contributed by atoms with E-state index in [-0.39, 0.29) is 4.49 Å². The lowest BCUT2D eigenvalue weighted by atomic mass is 13.2. The van der Waals surface area contributed by atoms with Crippen LogP contribution in [0.5, 0.6) is 0 Å². The van der Waals surface area contributed by atoms with E-state index in [9.17, 15) is 0 Å². The smallest absolute Gasteiger partial charge is 0.0904 e. The summed E-state index contributed by atoms with van der Waals surface area (Å²) in [4.78, 5) is 0. The van der Waals surface area contributed by atoms with Gasteiger partial charge in [-0.1, -0.05) is 34.8 Å². The Morgan fingerprint density at radius 1 is 1.40 bits per heavy atom. The van der Waals surface area contributed by atoms with E-state index in [0.29, 0.717) is 0 Å². The number of hydrogen-bond donors (Lipinski definition) is 0. The molecule has 0 aliphatic heterocycles. The highest BCUT2D eigenvalue weighted by atomic mass is 35.5. The summed E-state index contributed by atoms with van der Waals surface area (Å²) >= 11 is 14.8. The molecule has 0 atom stereocenters. The van der Waals surface area contributed by atoms with E-state index in [1.54, 1.807) is 0 Å². The summed E-state index contributed by atoms with van der Waals surface area (Å²) in [5, 5.41) is 0. The Labute approximate surface area is 45.3 Å². The molecule has 0 saturated carbocycles. The minimum atomic E-state index is 0.0895. The second-order valence-corrected chi connectivity index (χ2v) is 1.62. The number of halogens is 3. The highest BCUT2D eigenvalue weighted by molar-refractivity contribution is 6.58. The Balaban J connectivity index is 3.14. The van der Waals surface area contributed by atoms with Gasteiger partial charge in [-0.2, -0.15) is 0 Å². The van der Waals surface area contributed by atoms with Gasteiger partial charge in [0.15, 0.2) is 0 Å². The monoisotopic (exact) mass is 134 g/mol. The summed E-state index contributed by atoms with van der Waals surface area (Å²) < 4.78 is 0.0895. The molecule has 0 aromatic rings. The first kappa shape index (κ1) is 5.61. The van der Waals surface area contributed by atoms with Crippen LogP contribution in [-0.2, 0) is 0 Å². The van der Waals surface area contributed by atoms with Crippen LogP contribution < -0.4 is 0 Å². The predicted molar refractivity (Wildman–Crippen MR) is 25.6 cm³/mol. The highest BCUT2D eigenvalue weighted by Gasteiger charge is 1.70. The molecule has 0 radical (unpaired) electrons. The fourth-order valence-corrected chi connectivity index (χ4v) is 0. The van der Waals surface area contributed by atoms with E-state index in [2.05, 4.69) is 0 Å². The van der Waals surface area contributed by atoms with Crippen molar-refractivity contribution in [1.29, 1.82) is 0 Å². The molecule has 0 saturated heterocycles. The van der Waals surface area contributed by atoms with E-state index >= 15 is 0 Å². The zero-order chi connectivity index (χ0) is 4.28. The Morgan fingerprint density at radius 3 is 1.60 bits per heavy atom. The predicted octanol–water partition coefficient (Wildman–Crippen LogP) is 2.50. The molecule has 0 aromatic carbocycles. The average molecular weight is 135 g/mol. The van der Waals surface area contributed by atoms with Crippen molar-refractivity contribution < 1.29 is 0 Å². The van der Waals surface area contributed by atoms with Crippen molar-refractivity contribution in [3.63, 3.8) is 0 Å². The van der Waals surface area contributed by atoms with Gasteiger partial charge in [0.2, 0.25) is 0 Å². The van der Waals surface area contributed by atoms with Gasteiger partial charge in [-0.3, -0.25) is 0 Å². The van der Waals surface area contributed by atoms with E-state index in [0.717, 1.165) is 5.54 Å². The lowest BCUT2D eigenvalue weighted by Gasteiger charge is -1.64. The molecule has 0 bridgehead atoms. The van der Waals surface area contributed by atoms with Gasteiger partial charge < -0.3 is 0 Å². The third kappa shape index (κ3) is 4.61. The maximum absolute atomic E-state index is 4.96. The van der Waals surface area contributed by atoms with Crippen LogP contribution in [0, 0.1) is 0 Å². The van der Waals surface area contributed by atoms with Crippen LogP contribution >= 0.6 is 34.8 Å². The van der Waals surface area contributed by atoms with Crippen molar-refractivity contribution in [3.05, 3.63) is 10.0 Å². The lowest BCUT2D eigenvalue weighted by molar-refractivity contribution is 2.36. The number of hydrogen-bond acceptors (Lipinski definition) is 0. The molecule has 3 heteroatoms. The van der Waals surface area contributed by atoms with Crippen molar-refractivity contribution in [2.45, 2.75) is 0 Å². The Bertz CT molecular complexity index is 42.9. The summed E-state index contributed by atoms with van der Waals surface area (Å²) in [6.45, 7) is 0. The quantitative estimate of drug-likeness (QED) is 0.479. The first-order chi connectivity index (χ1) is 2.27. The average Bonchev–Trinajstić information content (AvgIpc) is 1.38. The Morgan fingerprint density at radius 2 is 1.60 bits per heavy atom. The standard InChI is InChI=1S/C2HCl3/c3-1-2(4)5/h1H/i1+2,2+2. The first-order valence-electron chi connectivity index (χ1n) is 0.885. The Hall–Kier alpha value is 0.610. The van der Waals surface area contributed by atoms with Gasteiger partial charge in [0.25, 0.3) is 0 Å². The van der Waals surface area contributed by atoms with Crippen molar-refractivity contribution in [3.8, 4) is 0 Å². The van der Waals surface area contributed by atoms with Gasteiger partial charge in [-0.15, -0.1) is 0 Å². The van der Waals surface area contributed by atoms with Crippen molar-refractivity contribution in [2.75, 3.05) is 0 Å². The van der Waals surface area contributed by atoms with Crippen LogP contribution in [0.15, 0.2) is 10.0 Å². The topological polar surface area (TPSA) is 0 Å². The van der Waals surface area contributed by atoms with Gasteiger partial charge in [-0.25, -0.2) is 0 Å². The Kier molecular flexibility index (Phi) is 3.17. The largest absolute Gasteiger partial charge is 0.118 e. The van der Waals surface area contributed by atoms with Crippen LogP contribution in [0.3, 0.4) is 0 Å². The molecule has 0 rings (SSSR count). The van der Waals surface area contributed by atoms with E-state index < -0.39 is 0 Å². The van der Waals surface area contributed by atoms with Crippen LogP contribution in [0.2, 0.25) is 0 Å². The van der Waals surface area contributed by atoms with Gasteiger partial charge in [0, 0.05) is 5.54 Å². The van der Waals surface area contributed by atoms with Gasteiger partial charge >= 0.3 is 0 Å². The SMILES string of the molecule is Cl[14CH]=[14C](Cl)Cl. The van der Waals surface area contributed by atoms with E-state index in [1.165, 1.54) is 0 Å². The molecular weight excluding hydrogens is 134 g/mol. The molecule has 0 aromatic heterocycles. The molecule has 0 unspecified atom stereocenters. The summed E-state index contributed by atoms with van der Waals surface area (Å²) in [5.74, 6) is 0. The molecule has 30 valence electrons. The fourth-order valence-electron chi connectivity index (χ4n) is 0. The van der Waals surface area contributed by atoms with E-state index in [4.69, 9.17) is 34.8 Å². The zero-order valence-corrected chi connectivity index (χ0v) is 4.48. The number of rotatable bonds is 0. The normalized spacial score (nSPS) is 7.00. The summed E-state index contributed by atoms with van der Waals surface area (Å²) in [5.41, 5.74) is 1.09. The molecule has 5 heavy (non-hydrogen) atoms. The van der Waals surface area contributed by atoms with E-state index in [1.807, 2.05) is 0 Å². The second kappa shape index (κ2) is 2.83. The van der Waals surface area contributed by atoms with Gasteiger partial charge in [0.05, 0.1) is 0 Å². The third-order valence-electron chi connectivity index (χ3n) is 0.0825. The summed E-state index contributed by atoms with van der Waals surface area (Å²) in [6.07, 6.45) is 0. The molecule has 0 spiro atoms. The van der Waals surface area contributed by atoms with Crippen molar-refractivity contribution in [2.24, 2.45) is 0 Å². The highest BCUT2D eigenvalue weighted by Crippen LogP contribution is 2.05. The van der Waals surface area contributed by atoms with Crippen LogP contribution in [0.1, 0.15) is 0 Å². The minimum Gasteiger partial charge on any atom is -0.0904 e. The lowest BCUT2D eigenvalue weighted by Crippen LogP contribution is -1.33. The summed E-state index contributed by atoms with van der Waals surface area (Å²) in [6, 6.07) is 0. The first-order valence-corrected chi connectivity index (χ1v) is 2.08. The molecule has 0 fully saturated rings. The minimum absolute atomic E-state index is 0.0895. The van der Waals surface area contributed by atoms with Crippen molar-refractivity contribution >= 4 is 34.8 Å². The summed E-state index contributed by atoms with van der Waals surface area (Å²) in [7, 11) is 0. The van der Waals surface area contributed by atoms with Crippen LogP contribution in [0.4, 0.5) is 0 Å². The van der Waals surface area contributed by atoms with Gasteiger partial charge in [-0.05, 0) is 0 Å². The van der Waals surface area contributed by atoms with Crippen molar-refractivity contribution in [1.82, 2.24) is 0 Å². The molecule has 0 heterocycles. The van der Waals surface area contributed by atoms with Crippen LogP contribution in [-0.4, -0.2) is 0 Å². The molecule has 0 aliphatic rings. The molecule has 0 amide bonds. The second-order valence-electron chi connectivity index (χ2n) is 0.399. The molecular formula is C2HCl3.